The van der Waals surface area contributed by atoms with Crippen LogP contribution in [0.4, 0.5) is 0 Å². The Kier molecular flexibility index (Phi) is 2.52. The predicted octanol–water partition coefficient (Wildman–Crippen LogP) is 2.54. The number of aryl methyl sites for hydroxylation is 1. The summed E-state index contributed by atoms with van der Waals surface area (Å²) >= 11 is 5.92. The number of fused-ring (bicyclic) bond motifs is 1. The van der Waals surface area contributed by atoms with Crippen molar-refractivity contribution in [3.05, 3.63) is 28.9 Å². The Labute approximate surface area is 97.0 Å². The van der Waals surface area contributed by atoms with Crippen molar-refractivity contribution in [2.24, 2.45) is 7.05 Å². The van der Waals surface area contributed by atoms with Crippen LogP contribution in [0.3, 0.4) is 0 Å². The van der Waals surface area contributed by atoms with Gasteiger partial charge in [0, 0.05) is 17.5 Å². The van der Waals surface area contributed by atoms with E-state index in [9.17, 15) is 4.79 Å². The third-order valence-corrected chi connectivity index (χ3v) is 2.75. The highest BCUT2D eigenvalue weighted by Gasteiger charge is 2.15. The summed E-state index contributed by atoms with van der Waals surface area (Å²) in [6, 6.07) is 4.95. The van der Waals surface area contributed by atoms with Gasteiger partial charge in [0.05, 0.1) is 12.6 Å². The summed E-state index contributed by atoms with van der Waals surface area (Å²) in [5.41, 5.74) is 0.942. The second-order valence-electron chi connectivity index (χ2n) is 3.43. The van der Waals surface area contributed by atoms with Gasteiger partial charge < -0.3 is 14.4 Å². The molecule has 0 unspecified atom stereocenters. The first-order chi connectivity index (χ1) is 7.54. The van der Waals surface area contributed by atoms with Crippen molar-refractivity contribution in [3.8, 4) is 5.75 Å². The molecule has 5 heteroatoms. The smallest absolute Gasteiger partial charge is 0.352 e. The fourth-order valence-electron chi connectivity index (χ4n) is 1.74. The number of carbonyl (C=O) groups is 1. The molecule has 0 aliphatic heterocycles. The molecule has 0 aliphatic rings. The molecular weight excluding hydrogens is 230 g/mol. The molecule has 84 valence electrons. The number of aromatic nitrogens is 1. The lowest BCUT2D eigenvalue weighted by molar-refractivity contribution is 0.0687. The number of methoxy groups -OCH3 is 1. The minimum atomic E-state index is -0.975. The topological polar surface area (TPSA) is 51.5 Å². The Balaban J connectivity index is 2.85. The average Bonchev–Trinajstić information content (AvgIpc) is 2.55. The van der Waals surface area contributed by atoms with E-state index in [4.69, 9.17) is 21.4 Å². The van der Waals surface area contributed by atoms with Crippen LogP contribution in [0.5, 0.6) is 5.75 Å². The van der Waals surface area contributed by atoms with Gasteiger partial charge in [-0.15, -0.1) is 0 Å². The van der Waals surface area contributed by atoms with Gasteiger partial charge in [0.25, 0.3) is 0 Å². The van der Waals surface area contributed by atoms with Crippen molar-refractivity contribution in [1.29, 1.82) is 0 Å². The van der Waals surface area contributed by atoms with Crippen LogP contribution in [0.25, 0.3) is 10.9 Å². The first-order valence-corrected chi connectivity index (χ1v) is 4.98. The van der Waals surface area contributed by atoms with E-state index < -0.39 is 5.97 Å². The summed E-state index contributed by atoms with van der Waals surface area (Å²) in [5.74, 6) is -0.400. The van der Waals surface area contributed by atoms with Gasteiger partial charge in [0.2, 0.25) is 0 Å². The van der Waals surface area contributed by atoms with Crippen LogP contribution in [-0.4, -0.2) is 22.8 Å². The molecule has 2 aromatic rings. The van der Waals surface area contributed by atoms with Gasteiger partial charge in [-0.1, -0.05) is 11.6 Å². The Hall–Kier alpha value is -1.68. The number of ether oxygens (including phenoxy) is 1. The van der Waals surface area contributed by atoms with Crippen molar-refractivity contribution in [3.63, 3.8) is 0 Å². The second kappa shape index (κ2) is 3.72. The molecule has 1 heterocycles. The Bertz CT molecular complexity index is 574. The third-order valence-electron chi connectivity index (χ3n) is 2.53. The lowest BCUT2D eigenvalue weighted by Crippen LogP contribution is -2.03. The number of halogens is 1. The van der Waals surface area contributed by atoms with E-state index in [0.717, 1.165) is 10.9 Å². The molecule has 16 heavy (non-hydrogen) atoms. The summed E-state index contributed by atoms with van der Waals surface area (Å²) in [6.45, 7) is 0. The quantitative estimate of drug-likeness (QED) is 0.876. The van der Waals surface area contributed by atoms with E-state index >= 15 is 0 Å². The van der Waals surface area contributed by atoms with E-state index in [2.05, 4.69) is 0 Å². The van der Waals surface area contributed by atoms with Gasteiger partial charge in [-0.3, -0.25) is 0 Å². The van der Waals surface area contributed by atoms with Crippen LogP contribution >= 0.6 is 11.6 Å². The van der Waals surface area contributed by atoms with Crippen molar-refractivity contribution in [2.45, 2.75) is 0 Å². The Morgan fingerprint density at radius 3 is 2.69 bits per heavy atom. The number of rotatable bonds is 2. The SMILES string of the molecule is COc1cc(Cl)cc2c1cc(C(=O)O)n2C. The Morgan fingerprint density at radius 2 is 2.12 bits per heavy atom. The molecule has 0 bridgehead atoms. The van der Waals surface area contributed by atoms with Crippen molar-refractivity contribution in [1.82, 2.24) is 4.57 Å². The standard InChI is InChI=1S/C11H10ClNO3/c1-13-8-3-6(12)4-10(16-2)7(8)5-9(13)11(14)15/h3-5H,1-2H3,(H,14,15). The highest BCUT2D eigenvalue weighted by Crippen LogP contribution is 2.31. The average molecular weight is 240 g/mol. The van der Waals surface area contributed by atoms with E-state index in [1.807, 2.05) is 0 Å². The van der Waals surface area contributed by atoms with Gasteiger partial charge in [-0.05, 0) is 18.2 Å². The molecule has 0 atom stereocenters. The van der Waals surface area contributed by atoms with E-state index in [1.54, 1.807) is 29.8 Å². The van der Waals surface area contributed by atoms with Gasteiger partial charge >= 0.3 is 5.97 Å². The number of hydrogen-bond donors (Lipinski definition) is 1. The van der Waals surface area contributed by atoms with E-state index in [0.29, 0.717) is 10.8 Å². The van der Waals surface area contributed by atoms with Crippen LogP contribution in [0.1, 0.15) is 10.5 Å². The van der Waals surface area contributed by atoms with Crippen molar-refractivity contribution >= 4 is 28.5 Å². The summed E-state index contributed by atoms with van der Waals surface area (Å²) in [4.78, 5) is 11.0. The molecule has 1 aromatic heterocycles. The molecule has 0 aliphatic carbocycles. The molecule has 0 radical (unpaired) electrons. The van der Waals surface area contributed by atoms with Crippen LogP contribution in [0.2, 0.25) is 5.02 Å². The van der Waals surface area contributed by atoms with E-state index in [-0.39, 0.29) is 5.69 Å². The number of aromatic carboxylic acids is 1. The summed E-state index contributed by atoms with van der Waals surface area (Å²) in [7, 11) is 3.21. The number of carboxylic acid groups (broad SMARTS) is 1. The molecule has 4 nitrogen and oxygen atoms in total. The zero-order chi connectivity index (χ0) is 11.9. The van der Waals surface area contributed by atoms with Crippen molar-refractivity contribution < 1.29 is 14.6 Å². The summed E-state index contributed by atoms with van der Waals surface area (Å²) in [5, 5.41) is 10.3. The fourth-order valence-corrected chi connectivity index (χ4v) is 1.94. The zero-order valence-corrected chi connectivity index (χ0v) is 9.58. The molecule has 0 fully saturated rings. The molecule has 0 spiro atoms. The summed E-state index contributed by atoms with van der Waals surface area (Å²) < 4.78 is 6.74. The van der Waals surface area contributed by atoms with Crippen molar-refractivity contribution in [2.75, 3.05) is 7.11 Å². The fraction of sp³-hybridized carbons (Fsp3) is 0.182. The summed E-state index contributed by atoms with van der Waals surface area (Å²) in [6.07, 6.45) is 0. The molecule has 0 saturated heterocycles. The first-order valence-electron chi connectivity index (χ1n) is 4.61. The maximum Gasteiger partial charge on any atom is 0.352 e. The Morgan fingerprint density at radius 1 is 1.44 bits per heavy atom. The monoisotopic (exact) mass is 239 g/mol. The minimum absolute atomic E-state index is 0.204. The molecule has 1 N–H and O–H groups in total. The highest BCUT2D eigenvalue weighted by molar-refractivity contribution is 6.31. The molecule has 0 amide bonds. The van der Waals surface area contributed by atoms with Gasteiger partial charge in [0.15, 0.2) is 0 Å². The molecular formula is C11H10ClNO3. The number of nitrogens with zero attached hydrogens (tertiary/aromatic N) is 1. The minimum Gasteiger partial charge on any atom is -0.496 e. The lowest BCUT2D eigenvalue weighted by atomic mass is 10.2. The predicted molar refractivity (Wildman–Crippen MR) is 61.4 cm³/mol. The number of carboxylic acids is 1. The molecule has 1 aromatic carbocycles. The first kappa shape index (κ1) is 10.8. The maximum absolute atomic E-state index is 11.0. The zero-order valence-electron chi connectivity index (χ0n) is 8.82. The normalized spacial score (nSPS) is 10.7. The lowest BCUT2D eigenvalue weighted by Gasteiger charge is -2.04. The van der Waals surface area contributed by atoms with Gasteiger partial charge in [0.1, 0.15) is 11.4 Å². The van der Waals surface area contributed by atoms with Crippen LogP contribution in [0.15, 0.2) is 18.2 Å². The van der Waals surface area contributed by atoms with Crippen LogP contribution in [0, 0.1) is 0 Å². The maximum atomic E-state index is 11.0. The molecule has 0 saturated carbocycles. The second-order valence-corrected chi connectivity index (χ2v) is 3.87. The van der Waals surface area contributed by atoms with Crippen LogP contribution < -0.4 is 4.74 Å². The number of hydrogen-bond acceptors (Lipinski definition) is 2. The number of benzene rings is 1. The van der Waals surface area contributed by atoms with Crippen LogP contribution in [-0.2, 0) is 7.05 Å². The van der Waals surface area contributed by atoms with E-state index in [1.165, 1.54) is 7.11 Å². The largest absolute Gasteiger partial charge is 0.496 e. The van der Waals surface area contributed by atoms with Gasteiger partial charge in [-0.2, -0.15) is 0 Å². The highest BCUT2D eigenvalue weighted by atomic mass is 35.5. The molecule has 2 rings (SSSR count). The van der Waals surface area contributed by atoms with Gasteiger partial charge in [-0.25, -0.2) is 4.79 Å². The third kappa shape index (κ3) is 1.51.